The van der Waals surface area contributed by atoms with Crippen molar-refractivity contribution in [3.05, 3.63) is 59.0 Å². The van der Waals surface area contributed by atoms with Gasteiger partial charge in [-0.3, -0.25) is 0 Å². The lowest BCUT2D eigenvalue weighted by molar-refractivity contribution is 0.250. The molecule has 0 atom stereocenters. The zero-order chi connectivity index (χ0) is 12.2. The third kappa shape index (κ3) is 2.43. The Morgan fingerprint density at radius 3 is 2.83 bits per heavy atom. The number of benzene rings is 1. The second-order valence-corrected chi connectivity index (χ2v) is 4.57. The van der Waals surface area contributed by atoms with E-state index >= 15 is 0 Å². The molecule has 90 valence electrons. The molecule has 0 saturated heterocycles. The Hall–Kier alpha value is -2.07. The van der Waals surface area contributed by atoms with Crippen LogP contribution in [0.3, 0.4) is 0 Å². The Morgan fingerprint density at radius 2 is 2.06 bits per heavy atom. The lowest BCUT2D eigenvalue weighted by atomic mass is 10.1. The van der Waals surface area contributed by atoms with Crippen LogP contribution >= 0.6 is 11.3 Å². The third-order valence-corrected chi connectivity index (χ3v) is 3.17. The molecule has 0 unspecified atom stereocenters. The second kappa shape index (κ2) is 5.06. The van der Waals surface area contributed by atoms with E-state index < -0.39 is 0 Å². The summed E-state index contributed by atoms with van der Waals surface area (Å²) in [4.78, 5) is 0. The first-order chi connectivity index (χ1) is 8.92. The maximum absolute atomic E-state index is 5.56. The molecule has 0 spiro atoms. The Bertz CT molecular complexity index is 602. The second-order valence-electron chi connectivity index (χ2n) is 3.79. The van der Waals surface area contributed by atoms with Crippen molar-refractivity contribution in [3.8, 4) is 17.0 Å². The number of aromatic nitrogens is 1. The van der Waals surface area contributed by atoms with Crippen LogP contribution < -0.4 is 4.74 Å². The first kappa shape index (κ1) is 11.0. The zero-order valence-electron chi connectivity index (χ0n) is 9.58. The van der Waals surface area contributed by atoms with Crippen molar-refractivity contribution in [3.63, 3.8) is 0 Å². The summed E-state index contributed by atoms with van der Waals surface area (Å²) in [5.41, 5.74) is 1.88. The molecule has 2 aromatic heterocycles. The van der Waals surface area contributed by atoms with Gasteiger partial charge in [0.25, 0.3) is 0 Å². The maximum Gasteiger partial charge on any atom is 0.174 e. The highest BCUT2D eigenvalue weighted by Crippen LogP contribution is 2.20. The number of hydrogen-bond acceptors (Lipinski definition) is 4. The number of hydrogen-bond donors (Lipinski definition) is 0. The van der Waals surface area contributed by atoms with Crippen molar-refractivity contribution in [2.75, 3.05) is 0 Å². The summed E-state index contributed by atoms with van der Waals surface area (Å²) in [5.74, 6) is 1.58. The maximum atomic E-state index is 5.56. The van der Waals surface area contributed by atoms with Crippen LogP contribution in [0.2, 0.25) is 0 Å². The Labute approximate surface area is 109 Å². The van der Waals surface area contributed by atoms with Gasteiger partial charge in [-0.2, -0.15) is 0 Å². The molecule has 0 fully saturated rings. The number of rotatable bonds is 4. The number of thiophene rings is 1. The van der Waals surface area contributed by atoms with Gasteiger partial charge >= 0.3 is 0 Å². The van der Waals surface area contributed by atoms with Crippen molar-refractivity contribution in [2.45, 2.75) is 6.61 Å². The molecule has 1 aromatic carbocycles. The van der Waals surface area contributed by atoms with Crippen LogP contribution in [-0.4, -0.2) is 5.16 Å². The lowest BCUT2D eigenvalue weighted by Gasteiger charge is -1.98. The van der Waals surface area contributed by atoms with E-state index in [0.29, 0.717) is 6.61 Å². The highest BCUT2D eigenvalue weighted by atomic mass is 32.1. The van der Waals surface area contributed by atoms with Crippen LogP contribution in [0.25, 0.3) is 11.3 Å². The van der Waals surface area contributed by atoms with Crippen molar-refractivity contribution < 1.29 is 9.26 Å². The van der Waals surface area contributed by atoms with E-state index in [9.17, 15) is 0 Å². The van der Waals surface area contributed by atoms with E-state index in [-0.39, 0.29) is 0 Å². The van der Waals surface area contributed by atoms with Gasteiger partial charge in [0.1, 0.15) is 18.1 Å². The van der Waals surface area contributed by atoms with E-state index in [2.05, 4.69) is 5.16 Å². The minimum absolute atomic E-state index is 0.399. The van der Waals surface area contributed by atoms with E-state index in [0.717, 1.165) is 22.8 Å². The molecule has 0 aliphatic rings. The summed E-state index contributed by atoms with van der Waals surface area (Å²) in [6.45, 7) is 0.399. The minimum atomic E-state index is 0.399. The molecule has 3 aromatic rings. The molecule has 0 radical (unpaired) electrons. The van der Waals surface area contributed by atoms with E-state index in [4.69, 9.17) is 9.26 Å². The molecule has 3 rings (SSSR count). The fraction of sp³-hybridized carbons (Fsp3) is 0.0714. The number of nitrogens with zero attached hydrogens (tertiary/aromatic N) is 1. The van der Waals surface area contributed by atoms with Gasteiger partial charge in [-0.25, -0.2) is 0 Å². The van der Waals surface area contributed by atoms with Crippen LogP contribution in [-0.2, 0) is 6.61 Å². The smallest absolute Gasteiger partial charge is 0.174 e. The minimum Gasteiger partial charge on any atom is -0.485 e. The van der Waals surface area contributed by atoms with Crippen LogP contribution in [0, 0.1) is 0 Å². The molecule has 0 amide bonds. The summed E-state index contributed by atoms with van der Waals surface area (Å²) < 4.78 is 10.8. The normalized spacial score (nSPS) is 10.4. The third-order valence-electron chi connectivity index (χ3n) is 2.50. The summed E-state index contributed by atoms with van der Waals surface area (Å²) in [7, 11) is 0. The lowest BCUT2D eigenvalue weighted by Crippen LogP contribution is -1.91. The van der Waals surface area contributed by atoms with Gasteiger partial charge in [0, 0.05) is 17.0 Å². The largest absolute Gasteiger partial charge is 0.485 e. The van der Waals surface area contributed by atoms with Crippen molar-refractivity contribution >= 4 is 11.3 Å². The quantitative estimate of drug-likeness (QED) is 0.709. The van der Waals surface area contributed by atoms with Gasteiger partial charge in [-0.05, 0) is 11.4 Å². The topological polar surface area (TPSA) is 35.3 Å². The first-order valence-corrected chi connectivity index (χ1v) is 6.52. The molecule has 0 aliphatic heterocycles. The fourth-order valence-electron chi connectivity index (χ4n) is 1.61. The van der Waals surface area contributed by atoms with E-state index in [1.54, 1.807) is 11.3 Å². The molecule has 4 heteroatoms. The van der Waals surface area contributed by atoms with Crippen molar-refractivity contribution in [1.29, 1.82) is 0 Å². The molecule has 18 heavy (non-hydrogen) atoms. The Balaban J connectivity index is 1.70. The Kier molecular flexibility index (Phi) is 3.10. The molecule has 3 nitrogen and oxygen atoms in total. The van der Waals surface area contributed by atoms with Gasteiger partial charge in [0.2, 0.25) is 0 Å². The molecule has 2 heterocycles. The monoisotopic (exact) mass is 257 g/mol. The SMILES string of the molecule is c1ccc(-c2cc(COc3ccsc3)on2)cc1. The van der Waals surface area contributed by atoms with Crippen LogP contribution in [0.4, 0.5) is 0 Å². The molecule has 0 aliphatic carbocycles. The molecule has 0 saturated carbocycles. The standard InChI is InChI=1S/C14H11NO2S/c1-2-4-11(5-3-1)14-8-13(17-15-14)9-16-12-6-7-18-10-12/h1-8,10H,9H2. The van der Waals surface area contributed by atoms with Gasteiger partial charge < -0.3 is 9.26 Å². The van der Waals surface area contributed by atoms with E-state index in [1.165, 1.54) is 0 Å². The summed E-state index contributed by atoms with van der Waals surface area (Å²) in [6, 6.07) is 13.8. The average molecular weight is 257 g/mol. The van der Waals surface area contributed by atoms with E-state index in [1.807, 2.05) is 53.2 Å². The van der Waals surface area contributed by atoms with Crippen molar-refractivity contribution in [1.82, 2.24) is 5.16 Å². The summed E-state index contributed by atoms with van der Waals surface area (Å²) in [6.07, 6.45) is 0. The molecule has 0 N–H and O–H groups in total. The first-order valence-electron chi connectivity index (χ1n) is 5.58. The highest BCUT2D eigenvalue weighted by molar-refractivity contribution is 7.08. The van der Waals surface area contributed by atoms with Crippen LogP contribution in [0.1, 0.15) is 5.76 Å². The summed E-state index contributed by atoms with van der Waals surface area (Å²) in [5, 5.41) is 7.96. The average Bonchev–Trinajstić information content (AvgIpc) is 3.09. The van der Waals surface area contributed by atoms with Crippen LogP contribution in [0.15, 0.2) is 57.7 Å². The summed E-state index contributed by atoms with van der Waals surface area (Å²) >= 11 is 1.61. The highest BCUT2D eigenvalue weighted by Gasteiger charge is 2.06. The fourth-order valence-corrected chi connectivity index (χ4v) is 2.19. The van der Waals surface area contributed by atoms with Gasteiger partial charge in [-0.15, -0.1) is 11.3 Å². The van der Waals surface area contributed by atoms with Gasteiger partial charge in [0.05, 0.1) is 0 Å². The zero-order valence-corrected chi connectivity index (χ0v) is 10.4. The molecule has 0 bridgehead atoms. The molecular formula is C14H11NO2S. The predicted octanol–water partition coefficient (Wildman–Crippen LogP) is 3.98. The predicted molar refractivity (Wildman–Crippen MR) is 70.6 cm³/mol. The van der Waals surface area contributed by atoms with Gasteiger partial charge in [0.15, 0.2) is 5.76 Å². The van der Waals surface area contributed by atoms with Crippen LogP contribution in [0.5, 0.6) is 5.75 Å². The molecular weight excluding hydrogens is 246 g/mol. The van der Waals surface area contributed by atoms with Crippen molar-refractivity contribution in [2.24, 2.45) is 0 Å². The van der Waals surface area contributed by atoms with Gasteiger partial charge in [-0.1, -0.05) is 35.5 Å². The number of ether oxygens (including phenoxy) is 1. The Morgan fingerprint density at radius 1 is 1.17 bits per heavy atom.